The van der Waals surface area contributed by atoms with E-state index >= 15 is 0 Å². The van der Waals surface area contributed by atoms with Crippen molar-refractivity contribution in [3.8, 4) is 0 Å². The molecular formula is C13H7ClF3NO2. The number of carboxylic acids is 1. The molecule has 2 N–H and O–H groups in total. The van der Waals surface area contributed by atoms with Gasteiger partial charge < -0.3 is 10.4 Å². The molecule has 104 valence electrons. The lowest BCUT2D eigenvalue weighted by molar-refractivity contribution is 0.0697. The summed E-state index contributed by atoms with van der Waals surface area (Å²) in [5, 5.41) is 11.3. The van der Waals surface area contributed by atoms with Crippen molar-refractivity contribution in [2.45, 2.75) is 0 Å². The number of anilines is 2. The molecule has 2 aromatic carbocycles. The zero-order valence-corrected chi connectivity index (χ0v) is 10.5. The number of halogens is 4. The van der Waals surface area contributed by atoms with Crippen molar-refractivity contribution in [2.24, 2.45) is 0 Å². The predicted molar refractivity (Wildman–Crippen MR) is 68.0 cm³/mol. The van der Waals surface area contributed by atoms with E-state index in [1.54, 1.807) is 0 Å². The molecule has 2 aromatic rings. The summed E-state index contributed by atoms with van der Waals surface area (Å²) in [7, 11) is 0. The fourth-order valence-electron chi connectivity index (χ4n) is 1.58. The topological polar surface area (TPSA) is 49.3 Å². The highest BCUT2D eigenvalue weighted by Gasteiger charge is 2.19. The molecule has 0 fully saturated rings. The maximum Gasteiger partial charge on any atom is 0.337 e. The minimum absolute atomic E-state index is 0.117. The van der Waals surface area contributed by atoms with Gasteiger partial charge in [-0.15, -0.1) is 0 Å². The van der Waals surface area contributed by atoms with Crippen molar-refractivity contribution >= 4 is 28.9 Å². The Labute approximate surface area is 116 Å². The van der Waals surface area contributed by atoms with E-state index in [-0.39, 0.29) is 10.7 Å². The van der Waals surface area contributed by atoms with Crippen LogP contribution >= 0.6 is 11.6 Å². The Hall–Kier alpha value is -2.21. The monoisotopic (exact) mass is 301 g/mol. The maximum atomic E-state index is 13.7. The Morgan fingerprint density at radius 3 is 2.40 bits per heavy atom. The van der Waals surface area contributed by atoms with Gasteiger partial charge in [0.1, 0.15) is 5.82 Å². The van der Waals surface area contributed by atoms with Crippen molar-refractivity contribution < 1.29 is 23.1 Å². The smallest absolute Gasteiger partial charge is 0.337 e. The zero-order valence-electron chi connectivity index (χ0n) is 9.75. The number of nitrogens with one attached hydrogen (secondary N) is 1. The van der Waals surface area contributed by atoms with E-state index in [2.05, 4.69) is 5.32 Å². The molecule has 0 aliphatic carbocycles. The molecule has 0 saturated heterocycles. The molecule has 0 aliphatic heterocycles. The average Bonchev–Trinajstić information content (AvgIpc) is 2.37. The van der Waals surface area contributed by atoms with Crippen LogP contribution in [0.1, 0.15) is 10.4 Å². The van der Waals surface area contributed by atoms with E-state index in [1.807, 2.05) is 0 Å². The second kappa shape index (κ2) is 5.42. The van der Waals surface area contributed by atoms with Crippen LogP contribution in [-0.2, 0) is 0 Å². The normalized spacial score (nSPS) is 10.4. The fourth-order valence-corrected chi connectivity index (χ4v) is 1.74. The molecule has 0 amide bonds. The van der Waals surface area contributed by atoms with Gasteiger partial charge in [-0.1, -0.05) is 11.6 Å². The highest BCUT2D eigenvalue weighted by atomic mass is 35.5. The molecule has 2 rings (SSSR count). The van der Waals surface area contributed by atoms with Crippen LogP contribution in [0.2, 0.25) is 5.02 Å². The molecule has 0 unspecified atom stereocenters. The minimum atomic E-state index is -1.47. The van der Waals surface area contributed by atoms with Crippen LogP contribution in [0.25, 0.3) is 0 Å². The molecule has 0 radical (unpaired) electrons. The van der Waals surface area contributed by atoms with Gasteiger partial charge in [-0.25, -0.2) is 18.0 Å². The summed E-state index contributed by atoms with van der Waals surface area (Å²) in [6, 6.07) is 5.04. The van der Waals surface area contributed by atoms with Gasteiger partial charge in [0.2, 0.25) is 0 Å². The summed E-state index contributed by atoms with van der Waals surface area (Å²) in [4.78, 5) is 11.0. The number of aromatic carboxylic acids is 1. The highest BCUT2D eigenvalue weighted by Crippen LogP contribution is 2.28. The molecular weight excluding hydrogens is 295 g/mol. The standard InChI is InChI=1S/C13H7ClF3NO2/c14-6-1-4-10(9(16)5-6)18-12-7(13(19)20)2-3-8(15)11(12)17/h1-5,18H,(H,19,20). The predicted octanol–water partition coefficient (Wildman–Crippen LogP) is 4.20. The van der Waals surface area contributed by atoms with Crippen LogP contribution < -0.4 is 5.32 Å². The van der Waals surface area contributed by atoms with Crippen LogP contribution in [0.5, 0.6) is 0 Å². The van der Waals surface area contributed by atoms with Crippen molar-refractivity contribution in [1.82, 2.24) is 0 Å². The number of carbonyl (C=O) groups is 1. The average molecular weight is 302 g/mol. The van der Waals surface area contributed by atoms with Crippen LogP contribution in [0.15, 0.2) is 30.3 Å². The lowest BCUT2D eigenvalue weighted by Gasteiger charge is -2.12. The van der Waals surface area contributed by atoms with Crippen molar-refractivity contribution in [1.29, 1.82) is 0 Å². The summed E-state index contributed by atoms with van der Waals surface area (Å²) in [5.74, 6) is -4.94. The Kier molecular flexibility index (Phi) is 3.85. The van der Waals surface area contributed by atoms with E-state index in [1.165, 1.54) is 12.1 Å². The van der Waals surface area contributed by atoms with Gasteiger partial charge in [0.05, 0.1) is 16.9 Å². The molecule has 0 atom stereocenters. The Balaban J connectivity index is 2.52. The zero-order chi connectivity index (χ0) is 14.9. The van der Waals surface area contributed by atoms with Gasteiger partial charge >= 0.3 is 5.97 Å². The van der Waals surface area contributed by atoms with E-state index in [0.717, 1.165) is 12.1 Å². The highest BCUT2D eigenvalue weighted by molar-refractivity contribution is 6.30. The van der Waals surface area contributed by atoms with Crippen LogP contribution in [-0.4, -0.2) is 11.1 Å². The molecule has 7 heteroatoms. The first-order valence-electron chi connectivity index (χ1n) is 5.33. The third-order valence-corrected chi connectivity index (χ3v) is 2.75. The van der Waals surface area contributed by atoms with Gasteiger partial charge in [-0.2, -0.15) is 0 Å². The number of benzene rings is 2. The van der Waals surface area contributed by atoms with E-state index in [9.17, 15) is 18.0 Å². The second-order valence-electron chi connectivity index (χ2n) is 3.84. The van der Waals surface area contributed by atoms with E-state index < -0.39 is 34.7 Å². The van der Waals surface area contributed by atoms with Crippen LogP contribution in [0, 0.1) is 17.5 Å². The summed E-state index contributed by atoms with van der Waals surface area (Å²) >= 11 is 5.56. The second-order valence-corrected chi connectivity index (χ2v) is 4.27. The first kappa shape index (κ1) is 14.2. The minimum Gasteiger partial charge on any atom is -0.478 e. The first-order valence-corrected chi connectivity index (χ1v) is 5.71. The Bertz CT molecular complexity index is 692. The summed E-state index contributed by atoms with van der Waals surface area (Å²) in [6.07, 6.45) is 0. The molecule has 0 saturated carbocycles. The van der Waals surface area contributed by atoms with Gasteiger partial charge in [0, 0.05) is 5.02 Å². The molecule has 0 heterocycles. The van der Waals surface area contributed by atoms with Crippen LogP contribution in [0.4, 0.5) is 24.5 Å². The lowest BCUT2D eigenvalue weighted by Crippen LogP contribution is -2.07. The first-order chi connectivity index (χ1) is 9.40. The van der Waals surface area contributed by atoms with E-state index in [0.29, 0.717) is 6.07 Å². The molecule has 3 nitrogen and oxygen atoms in total. The quantitative estimate of drug-likeness (QED) is 0.893. The molecule has 0 spiro atoms. The number of carboxylic acid groups (broad SMARTS) is 1. The van der Waals surface area contributed by atoms with Gasteiger partial charge in [0.15, 0.2) is 11.6 Å². The molecule has 0 bridgehead atoms. The molecule has 20 heavy (non-hydrogen) atoms. The summed E-state index contributed by atoms with van der Waals surface area (Å²) < 4.78 is 40.4. The molecule has 0 aromatic heterocycles. The van der Waals surface area contributed by atoms with Crippen molar-refractivity contribution in [3.05, 3.63) is 58.4 Å². The number of hydrogen-bond donors (Lipinski definition) is 2. The lowest BCUT2D eigenvalue weighted by atomic mass is 10.1. The van der Waals surface area contributed by atoms with Crippen molar-refractivity contribution in [2.75, 3.05) is 5.32 Å². The van der Waals surface area contributed by atoms with Crippen molar-refractivity contribution in [3.63, 3.8) is 0 Å². The third-order valence-electron chi connectivity index (χ3n) is 2.52. The van der Waals surface area contributed by atoms with E-state index in [4.69, 9.17) is 16.7 Å². The number of hydrogen-bond acceptors (Lipinski definition) is 2. The van der Waals surface area contributed by atoms with Gasteiger partial charge in [0.25, 0.3) is 0 Å². The molecule has 0 aliphatic rings. The summed E-state index contributed by atoms with van der Waals surface area (Å²) in [5.41, 5.74) is -1.39. The Morgan fingerprint density at radius 2 is 1.80 bits per heavy atom. The fraction of sp³-hybridized carbons (Fsp3) is 0. The third kappa shape index (κ3) is 2.70. The Morgan fingerprint density at radius 1 is 1.10 bits per heavy atom. The maximum absolute atomic E-state index is 13.7. The largest absolute Gasteiger partial charge is 0.478 e. The number of rotatable bonds is 3. The SMILES string of the molecule is O=C(O)c1ccc(F)c(F)c1Nc1ccc(Cl)cc1F. The van der Waals surface area contributed by atoms with Gasteiger partial charge in [-0.05, 0) is 30.3 Å². The summed E-state index contributed by atoms with van der Waals surface area (Å²) in [6.45, 7) is 0. The van der Waals surface area contributed by atoms with Gasteiger partial charge in [-0.3, -0.25) is 0 Å². The van der Waals surface area contributed by atoms with Crippen LogP contribution in [0.3, 0.4) is 0 Å².